The van der Waals surface area contributed by atoms with Crippen LogP contribution in [0.25, 0.3) is 10.2 Å². The molecule has 0 fully saturated rings. The van der Waals surface area contributed by atoms with Gasteiger partial charge in [-0.3, -0.25) is 4.79 Å². The SMILES string of the molecule is CSCC[C@@H](NC(N)=O)C(=O)Nc1nc2ccc(C)cc2s1. The monoisotopic (exact) mass is 338 g/mol. The van der Waals surface area contributed by atoms with Crippen LogP contribution in [0.1, 0.15) is 12.0 Å². The van der Waals surface area contributed by atoms with Gasteiger partial charge in [0.15, 0.2) is 5.13 Å². The summed E-state index contributed by atoms with van der Waals surface area (Å²) in [6.07, 6.45) is 2.45. The number of nitrogens with one attached hydrogen (secondary N) is 2. The Bertz CT molecular complexity index is 687. The summed E-state index contributed by atoms with van der Waals surface area (Å²) < 4.78 is 1.01. The summed E-state index contributed by atoms with van der Waals surface area (Å²) in [5, 5.41) is 5.74. The van der Waals surface area contributed by atoms with Gasteiger partial charge in [-0.15, -0.1) is 0 Å². The van der Waals surface area contributed by atoms with Crippen molar-refractivity contribution in [1.29, 1.82) is 0 Å². The van der Waals surface area contributed by atoms with E-state index in [0.717, 1.165) is 21.5 Å². The minimum atomic E-state index is -0.707. The first kappa shape index (κ1) is 16.6. The Morgan fingerprint density at radius 1 is 1.45 bits per heavy atom. The van der Waals surface area contributed by atoms with Gasteiger partial charge in [0.05, 0.1) is 10.2 Å². The lowest BCUT2D eigenvalue weighted by atomic mass is 10.2. The van der Waals surface area contributed by atoms with Crippen LogP contribution in [0.4, 0.5) is 9.93 Å². The van der Waals surface area contributed by atoms with Gasteiger partial charge in [-0.1, -0.05) is 17.4 Å². The summed E-state index contributed by atoms with van der Waals surface area (Å²) in [6.45, 7) is 2.01. The molecule has 0 aliphatic rings. The van der Waals surface area contributed by atoms with E-state index in [1.165, 1.54) is 11.3 Å². The number of benzene rings is 1. The Morgan fingerprint density at radius 2 is 2.23 bits per heavy atom. The zero-order valence-corrected chi connectivity index (χ0v) is 14.0. The van der Waals surface area contributed by atoms with Gasteiger partial charge in [0.2, 0.25) is 5.91 Å². The molecule has 0 saturated heterocycles. The number of urea groups is 1. The number of thiazole rings is 1. The van der Waals surface area contributed by atoms with Crippen molar-refractivity contribution < 1.29 is 9.59 Å². The number of hydrogen-bond donors (Lipinski definition) is 3. The molecular weight excluding hydrogens is 320 g/mol. The van der Waals surface area contributed by atoms with E-state index in [1.54, 1.807) is 11.8 Å². The zero-order chi connectivity index (χ0) is 16.1. The Balaban J connectivity index is 2.10. The van der Waals surface area contributed by atoms with Gasteiger partial charge in [0, 0.05) is 0 Å². The summed E-state index contributed by atoms with van der Waals surface area (Å²) in [5.74, 6) is 0.445. The molecular formula is C14H18N4O2S2. The molecule has 0 bridgehead atoms. The molecule has 1 atom stereocenters. The quantitative estimate of drug-likeness (QED) is 0.753. The van der Waals surface area contributed by atoms with E-state index in [0.29, 0.717) is 11.6 Å². The van der Waals surface area contributed by atoms with Crippen molar-refractivity contribution in [3.63, 3.8) is 0 Å². The number of thioether (sulfide) groups is 1. The molecule has 6 nitrogen and oxygen atoms in total. The van der Waals surface area contributed by atoms with Gasteiger partial charge < -0.3 is 16.4 Å². The molecule has 22 heavy (non-hydrogen) atoms. The van der Waals surface area contributed by atoms with Crippen LogP contribution in [0.15, 0.2) is 18.2 Å². The van der Waals surface area contributed by atoms with Crippen LogP contribution in [0.3, 0.4) is 0 Å². The first-order valence-corrected chi connectivity index (χ1v) is 8.93. The van der Waals surface area contributed by atoms with E-state index in [4.69, 9.17) is 5.73 Å². The molecule has 4 N–H and O–H groups in total. The van der Waals surface area contributed by atoms with Crippen molar-refractivity contribution in [2.75, 3.05) is 17.3 Å². The molecule has 1 heterocycles. The predicted octanol–water partition coefficient (Wildman–Crippen LogP) is 2.33. The third kappa shape index (κ3) is 4.35. The van der Waals surface area contributed by atoms with Crippen LogP contribution >= 0.6 is 23.1 Å². The Hall–Kier alpha value is -1.80. The molecule has 1 aromatic carbocycles. The van der Waals surface area contributed by atoms with Gasteiger partial charge in [0.1, 0.15) is 6.04 Å². The summed E-state index contributed by atoms with van der Waals surface area (Å²) in [4.78, 5) is 27.7. The Labute approximate surface area is 136 Å². The van der Waals surface area contributed by atoms with E-state index in [1.807, 2.05) is 31.4 Å². The molecule has 0 radical (unpaired) electrons. The van der Waals surface area contributed by atoms with Crippen LogP contribution in [0.2, 0.25) is 0 Å². The molecule has 0 unspecified atom stereocenters. The second kappa shape index (κ2) is 7.46. The normalized spacial score (nSPS) is 12.1. The predicted molar refractivity (Wildman–Crippen MR) is 92.5 cm³/mol. The molecule has 8 heteroatoms. The standard InChI is InChI=1S/C14H18N4O2S2/c1-8-3-4-9-11(7-8)22-14(17-9)18-12(19)10(5-6-21-2)16-13(15)20/h3-4,7,10H,5-6H2,1-2H3,(H3,15,16,20)(H,17,18,19)/t10-/m1/s1. The number of aryl methyl sites for hydroxylation is 1. The fraction of sp³-hybridized carbons (Fsp3) is 0.357. The van der Waals surface area contributed by atoms with Gasteiger partial charge in [-0.25, -0.2) is 9.78 Å². The fourth-order valence-electron chi connectivity index (χ4n) is 1.95. The van der Waals surface area contributed by atoms with E-state index in [9.17, 15) is 9.59 Å². The number of nitrogens with two attached hydrogens (primary N) is 1. The molecule has 2 rings (SSSR count). The maximum absolute atomic E-state index is 12.3. The number of amides is 3. The Kier molecular flexibility index (Phi) is 5.62. The van der Waals surface area contributed by atoms with E-state index in [-0.39, 0.29) is 5.91 Å². The number of hydrogen-bond acceptors (Lipinski definition) is 5. The van der Waals surface area contributed by atoms with Crippen molar-refractivity contribution in [3.8, 4) is 0 Å². The number of carbonyl (C=O) groups is 2. The van der Waals surface area contributed by atoms with Crippen molar-refractivity contribution in [1.82, 2.24) is 10.3 Å². The minimum Gasteiger partial charge on any atom is -0.352 e. The number of fused-ring (bicyclic) bond motifs is 1. The van der Waals surface area contributed by atoms with Gasteiger partial charge in [0.25, 0.3) is 0 Å². The van der Waals surface area contributed by atoms with Crippen molar-refractivity contribution in [2.45, 2.75) is 19.4 Å². The molecule has 118 valence electrons. The molecule has 0 aliphatic heterocycles. The number of nitrogens with zero attached hydrogens (tertiary/aromatic N) is 1. The highest BCUT2D eigenvalue weighted by Gasteiger charge is 2.20. The van der Waals surface area contributed by atoms with Crippen molar-refractivity contribution >= 4 is 50.4 Å². The maximum atomic E-state index is 12.3. The Morgan fingerprint density at radius 3 is 2.91 bits per heavy atom. The lowest BCUT2D eigenvalue weighted by molar-refractivity contribution is -0.117. The summed E-state index contributed by atoms with van der Waals surface area (Å²) in [7, 11) is 0. The second-order valence-electron chi connectivity index (χ2n) is 4.82. The number of rotatable bonds is 6. The minimum absolute atomic E-state index is 0.302. The first-order valence-electron chi connectivity index (χ1n) is 6.72. The van der Waals surface area contributed by atoms with E-state index < -0.39 is 12.1 Å². The second-order valence-corrected chi connectivity index (χ2v) is 6.84. The van der Waals surface area contributed by atoms with Gasteiger partial charge in [-0.05, 0) is 43.0 Å². The average molecular weight is 338 g/mol. The molecule has 2 aromatic rings. The van der Waals surface area contributed by atoms with Crippen LogP contribution in [-0.4, -0.2) is 35.0 Å². The lowest BCUT2D eigenvalue weighted by Gasteiger charge is -2.15. The van der Waals surface area contributed by atoms with E-state index in [2.05, 4.69) is 15.6 Å². The highest BCUT2D eigenvalue weighted by atomic mass is 32.2. The summed E-state index contributed by atoms with van der Waals surface area (Å²) >= 11 is 3.01. The zero-order valence-electron chi connectivity index (χ0n) is 12.4. The highest BCUT2D eigenvalue weighted by molar-refractivity contribution is 7.98. The largest absolute Gasteiger partial charge is 0.352 e. The third-order valence-corrected chi connectivity index (χ3v) is 4.60. The van der Waals surface area contributed by atoms with Crippen LogP contribution in [0, 0.1) is 6.92 Å². The average Bonchev–Trinajstić information content (AvgIpc) is 2.84. The summed E-state index contributed by atoms with van der Waals surface area (Å²) in [6, 6.07) is 4.56. The fourth-order valence-corrected chi connectivity index (χ4v) is 3.39. The van der Waals surface area contributed by atoms with E-state index >= 15 is 0 Å². The smallest absolute Gasteiger partial charge is 0.312 e. The topological polar surface area (TPSA) is 97.1 Å². The number of primary amides is 1. The first-order chi connectivity index (χ1) is 10.5. The number of aromatic nitrogens is 1. The van der Waals surface area contributed by atoms with Gasteiger partial charge >= 0.3 is 6.03 Å². The highest BCUT2D eigenvalue weighted by Crippen LogP contribution is 2.26. The van der Waals surface area contributed by atoms with Crippen molar-refractivity contribution in [3.05, 3.63) is 23.8 Å². The molecule has 0 spiro atoms. The van der Waals surface area contributed by atoms with Crippen LogP contribution in [0.5, 0.6) is 0 Å². The summed E-state index contributed by atoms with van der Waals surface area (Å²) in [5.41, 5.74) is 7.11. The van der Waals surface area contributed by atoms with Gasteiger partial charge in [-0.2, -0.15) is 11.8 Å². The molecule has 3 amide bonds. The third-order valence-electron chi connectivity index (χ3n) is 3.02. The number of anilines is 1. The molecule has 1 aromatic heterocycles. The van der Waals surface area contributed by atoms with Crippen molar-refractivity contribution in [2.24, 2.45) is 5.73 Å². The maximum Gasteiger partial charge on any atom is 0.312 e. The number of carbonyl (C=O) groups excluding carboxylic acids is 2. The lowest BCUT2D eigenvalue weighted by Crippen LogP contribution is -2.46. The molecule has 0 aliphatic carbocycles. The van der Waals surface area contributed by atoms with Crippen LogP contribution < -0.4 is 16.4 Å². The van der Waals surface area contributed by atoms with Crippen LogP contribution in [-0.2, 0) is 4.79 Å². The molecule has 0 saturated carbocycles.